The van der Waals surface area contributed by atoms with Crippen LogP contribution in [-0.2, 0) is 13.1 Å². The van der Waals surface area contributed by atoms with Crippen LogP contribution in [0.2, 0.25) is 0 Å². The Kier molecular flexibility index (Phi) is 2.53. The van der Waals surface area contributed by atoms with Gasteiger partial charge in [0.2, 0.25) is 0 Å². The molecule has 2 heterocycles. The number of hydrogen-bond donors (Lipinski definition) is 2. The summed E-state index contributed by atoms with van der Waals surface area (Å²) in [5.74, 6) is 0.953. The molecule has 0 aliphatic heterocycles. The molecule has 0 unspecified atom stereocenters. The van der Waals surface area contributed by atoms with E-state index in [0.29, 0.717) is 0 Å². The van der Waals surface area contributed by atoms with E-state index in [9.17, 15) is 0 Å². The Hall–Kier alpha value is -1.71. The van der Waals surface area contributed by atoms with Gasteiger partial charge in [-0.3, -0.25) is 0 Å². The van der Waals surface area contributed by atoms with E-state index in [4.69, 9.17) is 0 Å². The molecule has 74 valence electrons. The molecule has 0 fully saturated rings. The van der Waals surface area contributed by atoms with E-state index in [0.717, 1.165) is 18.9 Å². The van der Waals surface area contributed by atoms with Crippen molar-refractivity contribution < 1.29 is 0 Å². The van der Waals surface area contributed by atoms with Crippen molar-refractivity contribution in [1.29, 1.82) is 0 Å². The number of hydrogen-bond acceptors (Lipinski definition) is 2. The molecule has 0 radical (unpaired) electrons. The van der Waals surface area contributed by atoms with Gasteiger partial charge in [0.05, 0.1) is 12.5 Å². The highest BCUT2D eigenvalue weighted by Crippen LogP contribution is 2.05. The van der Waals surface area contributed by atoms with Gasteiger partial charge in [-0.25, -0.2) is 4.98 Å². The molecule has 0 bridgehead atoms. The minimum Gasteiger partial charge on any atom is -0.366 e. The van der Waals surface area contributed by atoms with Gasteiger partial charge in [0, 0.05) is 25.5 Å². The third kappa shape index (κ3) is 1.96. The van der Waals surface area contributed by atoms with E-state index in [1.165, 1.54) is 5.56 Å². The van der Waals surface area contributed by atoms with Crippen molar-refractivity contribution in [3.8, 4) is 0 Å². The first-order chi connectivity index (χ1) is 6.88. The van der Waals surface area contributed by atoms with E-state index in [1.54, 1.807) is 12.5 Å². The summed E-state index contributed by atoms with van der Waals surface area (Å²) < 4.78 is 2.16. The van der Waals surface area contributed by atoms with Crippen LogP contribution in [0.15, 0.2) is 31.0 Å². The fourth-order valence-electron chi connectivity index (χ4n) is 1.34. The van der Waals surface area contributed by atoms with Crippen LogP contribution in [0, 0.1) is 0 Å². The number of imidazole rings is 1. The lowest BCUT2D eigenvalue weighted by Crippen LogP contribution is -1.98. The number of nitrogens with one attached hydrogen (secondary N) is 2. The number of rotatable bonds is 4. The summed E-state index contributed by atoms with van der Waals surface area (Å²) in [6.45, 7) is 3.98. The number of anilines is 1. The van der Waals surface area contributed by atoms with Crippen molar-refractivity contribution in [3.63, 3.8) is 0 Å². The van der Waals surface area contributed by atoms with Gasteiger partial charge >= 0.3 is 0 Å². The van der Waals surface area contributed by atoms with Crippen molar-refractivity contribution in [2.75, 3.05) is 5.32 Å². The molecule has 0 saturated heterocycles. The minimum absolute atomic E-state index is 0.829. The fraction of sp³-hybridized carbons (Fsp3) is 0.300. The number of nitrogens with zero attached hydrogens (tertiary/aromatic N) is 2. The highest BCUT2D eigenvalue weighted by atomic mass is 15.0. The molecular weight excluding hydrogens is 176 g/mol. The zero-order valence-corrected chi connectivity index (χ0v) is 8.20. The van der Waals surface area contributed by atoms with Crippen molar-refractivity contribution in [3.05, 3.63) is 36.5 Å². The summed E-state index contributed by atoms with van der Waals surface area (Å²) in [7, 11) is 0. The van der Waals surface area contributed by atoms with Crippen molar-refractivity contribution in [1.82, 2.24) is 14.5 Å². The topological polar surface area (TPSA) is 45.6 Å². The summed E-state index contributed by atoms with van der Waals surface area (Å²) in [6, 6.07) is 2.12. The maximum Gasteiger partial charge on any atom is 0.123 e. The number of aryl methyl sites for hydroxylation is 1. The summed E-state index contributed by atoms with van der Waals surface area (Å²) in [4.78, 5) is 6.93. The molecule has 0 amide bonds. The lowest BCUT2D eigenvalue weighted by atomic mass is 10.3. The first-order valence-corrected chi connectivity index (χ1v) is 4.75. The first kappa shape index (κ1) is 8.87. The lowest BCUT2D eigenvalue weighted by molar-refractivity contribution is 0.766. The van der Waals surface area contributed by atoms with Crippen molar-refractivity contribution in [2.24, 2.45) is 0 Å². The Morgan fingerprint density at radius 2 is 2.50 bits per heavy atom. The second-order valence-corrected chi connectivity index (χ2v) is 3.17. The highest BCUT2D eigenvalue weighted by molar-refractivity contribution is 5.31. The van der Waals surface area contributed by atoms with Gasteiger partial charge in [-0.15, -0.1) is 0 Å². The molecule has 0 aromatic carbocycles. The molecule has 4 heteroatoms. The summed E-state index contributed by atoms with van der Waals surface area (Å²) in [6.07, 6.45) is 7.67. The van der Waals surface area contributed by atoms with Gasteiger partial charge in [-0.05, 0) is 18.6 Å². The van der Waals surface area contributed by atoms with Crippen LogP contribution < -0.4 is 5.32 Å². The van der Waals surface area contributed by atoms with Gasteiger partial charge in [0.15, 0.2) is 0 Å². The molecule has 14 heavy (non-hydrogen) atoms. The smallest absolute Gasteiger partial charge is 0.123 e. The van der Waals surface area contributed by atoms with E-state index in [2.05, 4.69) is 45.2 Å². The summed E-state index contributed by atoms with van der Waals surface area (Å²) in [5, 5.41) is 3.25. The Morgan fingerprint density at radius 3 is 3.14 bits per heavy atom. The Balaban J connectivity index is 1.92. The number of aromatic nitrogens is 3. The predicted octanol–water partition coefficient (Wildman–Crippen LogP) is 1.84. The molecule has 2 aromatic heterocycles. The van der Waals surface area contributed by atoms with Crippen molar-refractivity contribution in [2.45, 2.75) is 20.0 Å². The quantitative estimate of drug-likeness (QED) is 0.772. The Labute approximate surface area is 83.0 Å². The van der Waals surface area contributed by atoms with Crippen molar-refractivity contribution >= 4 is 5.82 Å². The monoisotopic (exact) mass is 190 g/mol. The maximum atomic E-state index is 3.93. The minimum atomic E-state index is 0.829. The molecule has 0 aliphatic rings. The van der Waals surface area contributed by atoms with E-state index >= 15 is 0 Å². The number of H-pyrrole nitrogens is 1. The molecule has 2 N–H and O–H groups in total. The second-order valence-electron chi connectivity index (χ2n) is 3.17. The van der Waals surface area contributed by atoms with Crippen LogP contribution >= 0.6 is 0 Å². The molecule has 0 aliphatic carbocycles. The largest absolute Gasteiger partial charge is 0.366 e. The van der Waals surface area contributed by atoms with Gasteiger partial charge in [-0.2, -0.15) is 0 Å². The van der Waals surface area contributed by atoms with Gasteiger partial charge in [-0.1, -0.05) is 0 Å². The molecule has 2 rings (SSSR count). The highest BCUT2D eigenvalue weighted by Gasteiger charge is 1.96. The van der Waals surface area contributed by atoms with E-state index < -0.39 is 0 Å². The molecule has 2 aromatic rings. The van der Waals surface area contributed by atoms with Crippen LogP contribution in [0.5, 0.6) is 0 Å². The van der Waals surface area contributed by atoms with Gasteiger partial charge in [0.25, 0.3) is 0 Å². The Bertz CT molecular complexity index is 374. The van der Waals surface area contributed by atoms with Crippen LogP contribution in [-0.4, -0.2) is 14.5 Å². The lowest BCUT2D eigenvalue weighted by Gasteiger charge is -2.00. The molecular formula is C10H14N4. The van der Waals surface area contributed by atoms with E-state index in [-0.39, 0.29) is 0 Å². The molecule has 0 atom stereocenters. The summed E-state index contributed by atoms with van der Waals surface area (Å²) >= 11 is 0. The van der Waals surface area contributed by atoms with E-state index in [1.807, 2.05) is 0 Å². The SMILES string of the molecule is CCn1ccc(CNc2cnc[nH]2)c1. The summed E-state index contributed by atoms with van der Waals surface area (Å²) in [5.41, 5.74) is 1.28. The average Bonchev–Trinajstić information content (AvgIpc) is 2.86. The average molecular weight is 190 g/mol. The Morgan fingerprint density at radius 1 is 1.57 bits per heavy atom. The molecule has 0 spiro atoms. The zero-order chi connectivity index (χ0) is 9.80. The first-order valence-electron chi connectivity index (χ1n) is 4.75. The number of aromatic amines is 1. The van der Waals surface area contributed by atoms with Crippen LogP contribution in [0.4, 0.5) is 5.82 Å². The molecule has 4 nitrogen and oxygen atoms in total. The maximum absolute atomic E-state index is 3.93. The third-order valence-corrected chi connectivity index (χ3v) is 2.16. The van der Waals surface area contributed by atoms with Gasteiger partial charge in [0.1, 0.15) is 5.82 Å². The second kappa shape index (κ2) is 4.00. The van der Waals surface area contributed by atoms with Crippen LogP contribution in [0.25, 0.3) is 0 Å². The third-order valence-electron chi connectivity index (χ3n) is 2.16. The fourth-order valence-corrected chi connectivity index (χ4v) is 1.34. The normalized spacial score (nSPS) is 10.4. The zero-order valence-electron chi connectivity index (χ0n) is 8.20. The van der Waals surface area contributed by atoms with Crippen LogP contribution in [0.1, 0.15) is 12.5 Å². The van der Waals surface area contributed by atoms with Crippen LogP contribution in [0.3, 0.4) is 0 Å². The standard InChI is InChI=1S/C10H14N4/c1-2-14-4-3-9(7-14)5-12-10-6-11-8-13-10/h3-4,6-8,12H,2,5H2,1H3,(H,11,13). The van der Waals surface area contributed by atoms with Gasteiger partial charge < -0.3 is 14.9 Å². The predicted molar refractivity (Wildman–Crippen MR) is 56.0 cm³/mol. The molecule has 0 saturated carbocycles.